The lowest BCUT2D eigenvalue weighted by atomic mass is 9.60. The van der Waals surface area contributed by atoms with Crippen LogP contribution in [0.1, 0.15) is 66.4 Å². The van der Waals surface area contributed by atoms with Crippen LogP contribution in [-0.2, 0) is 25.5 Å². The molecule has 0 amide bonds. The highest BCUT2D eigenvalue weighted by atomic mass is 32.2. The second kappa shape index (κ2) is 8.07. The van der Waals surface area contributed by atoms with E-state index in [1.165, 1.54) is 6.07 Å². The van der Waals surface area contributed by atoms with Crippen LogP contribution in [0.2, 0.25) is 0 Å². The molecule has 6 nitrogen and oxygen atoms in total. The maximum atomic E-state index is 13.7. The lowest BCUT2D eigenvalue weighted by Crippen LogP contribution is -2.44. The minimum atomic E-state index is -3.86. The standard InChI is InChI=1S/C26H36N2O4S2/c1-24(2,3)19-12-14-21(15-13-19)33(29,30)27-20-9-7-10-22(17-20)34(31,32)28-18-26(6)16-8-11-23(28)25(26,4)5/h7,9-10,12-15,17,23,27H,8,11,16,18H2,1-6H3/t23-,26+/m0/s1. The summed E-state index contributed by atoms with van der Waals surface area (Å²) in [5.74, 6) is 0. The molecule has 2 aromatic rings. The van der Waals surface area contributed by atoms with E-state index >= 15 is 0 Å². The lowest BCUT2D eigenvalue weighted by molar-refractivity contribution is 0.0722. The van der Waals surface area contributed by atoms with Crippen LogP contribution in [0.5, 0.6) is 0 Å². The van der Waals surface area contributed by atoms with E-state index in [0.29, 0.717) is 6.54 Å². The van der Waals surface area contributed by atoms with E-state index in [1.807, 2.05) is 12.1 Å². The van der Waals surface area contributed by atoms with Gasteiger partial charge in [-0.05, 0) is 65.0 Å². The zero-order chi connectivity index (χ0) is 25.2. The Morgan fingerprint density at radius 2 is 1.59 bits per heavy atom. The zero-order valence-electron chi connectivity index (χ0n) is 20.9. The van der Waals surface area contributed by atoms with Crippen molar-refractivity contribution < 1.29 is 16.8 Å². The smallest absolute Gasteiger partial charge is 0.261 e. The lowest BCUT2D eigenvalue weighted by Gasteiger charge is -2.44. The number of nitrogens with one attached hydrogen (secondary N) is 1. The average molecular weight is 505 g/mol. The van der Waals surface area contributed by atoms with Crippen LogP contribution in [0.15, 0.2) is 58.3 Å². The largest absolute Gasteiger partial charge is 0.280 e. The molecule has 1 saturated heterocycles. The van der Waals surface area contributed by atoms with Gasteiger partial charge >= 0.3 is 0 Å². The molecule has 2 aromatic carbocycles. The van der Waals surface area contributed by atoms with Gasteiger partial charge in [0.05, 0.1) is 15.5 Å². The molecule has 0 spiro atoms. The van der Waals surface area contributed by atoms with E-state index < -0.39 is 20.0 Å². The molecule has 1 aliphatic heterocycles. The molecule has 186 valence electrons. The Hall–Kier alpha value is -1.90. The van der Waals surface area contributed by atoms with Crippen LogP contribution in [0.3, 0.4) is 0 Å². The molecule has 2 atom stereocenters. The number of nitrogens with zero attached hydrogens (tertiary/aromatic N) is 1. The Kier molecular flexibility index (Phi) is 5.98. The summed E-state index contributed by atoms with van der Waals surface area (Å²) in [4.78, 5) is 0.250. The second-order valence-corrected chi connectivity index (χ2v) is 15.2. The van der Waals surface area contributed by atoms with Crippen molar-refractivity contribution in [2.45, 2.75) is 82.1 Å². The van der Waals surface area contributed by atoms with Gasteiger partial charge in [0.2, 0.25) is 10.0 Å². The third kappa shape index (κ3) is 4.18. The van der Waals surface area contributed by atoms with Gasteiger partial charge in [-0.25, -0.2) is 16.8 Å². The van der Waals surface area contributed by atoms with Gasteiger partial charge in [-0.1, -0.05) is 66.2 Å². The van der Waals surface area contributed by atoms with E-state index in [4.69, 9.17) is 0 Å². The van der Waals surface area contributed by atoms with Gasteiger partial charge in [-0.3, -0.25) is 4.72 Å². The highest BCUT2D eigenvalue weighted by Crippen LogP contribution is 2.58. The zero-order valence-corrected chi connectivity index (χ0v) is 22.6. The number of fused-ring (bicyclic) bond motifs is 2. The Bertz CT molecular complexity index is 1290. The van der Waals surface area contributed by atoms with Crippen LogP contribution in [-0.4, -0.2) is 33.7 Å². The maximum Gasteiger partial charge on any atom is 0.261 e. The fourth-order valence-corrected chi connectivity index (χ4v) is 8.47. The summed E-state index contributed by atoms with van der Waals surface area (Å²) in [6.45, 7) is 13.2. The minimum Gasteiger partial charge on any atom is -0.280 e. The molecule has 8 heteroatoms. The summed E-state index contributed by atoms with van der Waals surface area (Å²) in [6.07, 6.45) is 2.87. The van der Waals surface area contributed by atoms with Gasteiger partial charge in [0.15, 0.2) is 0 Å². The third-order valence-corrected chi connectivity index (χ3v) is 11.4. The molecular formula is C26H36N2O4S2. The van der Waals surface area contributed by atoms with Crippen molar-refractivity contribution in [3.63, 3.8) is 0 Å². The number of sulfonamides is 2. The molecular weight excluding hydrogens is 468 g/mol. The number of benzene rings is 2. The summed E-state index contributed by atoms with van der Waals surface area (Å²) < 4.78 is 57.5. The van der Waals surface area contributed by atoms with Gasteiger partial charge < -0.3 is 0 Å². The molecule has 1 aliphatic carbocycles. The van der Waals surface area contributed by atoms with Crippen molar-refractivity contribution >= 4 is 25.7 Å². The Balaban J connectivity index is 1.61. The van der Waals surface area contributed by atoms with E-state index in [-0.39, 0.29) is 37.8 Å². The fourth-order valence-electron chi connectivity index (χ4n) is 5.47. The first-order valence-electron chi connectivity index (χ1n) is 11.8. The number of hydrogen-bond donors (Lipinski definition) is 1. The maximum absolute atomic E-state index is 13.7. The van der Waals surface area contributed by atoms with Crippen molar-refractivity contribution in [1.29, 1.82) is 0 Å². The molecule has 2 fully saturated rings. The molecule has 1 saturated carbocycles. The first-order valence-corrected chi connectivity index (χ1v) is 14.8. The number of rotatable bonds is 5. The SMILES string of the molecule is CC(C)(C)c1ccc(S(=O)(=O)Nc2cccc(S(=O)(=O)N3C[C@@]4(C)CCC[C@H]3C4(C)C)c2)cc1. The van der Waals surface area contributed by atoms with Crippen LogP contribution in [0.4, 0.5) is 5.69 Å². The van der Waals surface area contributed by atoms with Crippen LogP contribution in [0, 0.1) is 10.8 Å². The Labute approximate surface area is 204 Å². The van der Waals surface area contributed by atoms with Crippen LogP contribution >= 0.6 is 0 Å². The predicted molar refractivity (Wildman–Crippen MR) is 136 cm³/mol. The third-order valence-electron chi connectivity index (χ3n) is 8.17. The molecule has 2 aliphatic rings. The van der Waals surface area contributed by atoms with Crippen LogP contribution < -0.4 is 4.72 Å². The quantitative estimate of drug-likeness (QED) is 0.593. The molecule has 1 heterocycles. The average Bonchev–Trinajstić information content (AvgIpc) is 2.86. The molecule has 0 unspecified atom stereocenters. The number of anilines is 1. The van der Waals surface area contributed by atoms with Gasteiger partial charge in [-0.15, -0.1) is 0 Å². The summed E-state index contributed by atoms with van der Waals surface area (Å²) >= 11 is 0. The van der Waals surface area contributed by atoms with Gasteiger partial charge in [-0.2, -0.15) is 4.31 Å². The summed E-state index contributed by atoms with van der Waals surface area (Å²) in [7, 11) is -7.63. The predicted octanol–water partition coefficient (Wildman–Crippen LogP) is 5.37. The second-order valence-electron chi connectivity index (χ2n) is 11.6. The summed E-state index contributed by atoms with van der Waals surface area (Å²) in [5, 5.41) is 0. The van der Waals surface area contributed by atoms with E-state index in [0.717, 1.165) is 24.8 Å². The van der Waals surface area contributed by atoms with Gasteiger partial charge in [0.1, 0.15) is 0 Å². The summed E-state index contributed by atoms with van der Waals surface area (Å²) in [5.41, 5.74) is 0.997. The molecule has 34 heavy (non-hydrogen) atoms. The minimum absolute atomic E-state index is 0.0575. The highest BCUT2D eigenvalue weighted by Gasteiger charge is 2.60. The van der Waals surface area contributed by atoms with Crippen molar-refractivity contribution in [3.8, 4) is 0 Å². The van der Waals surface area contributed by atoms with E-state index in [1.54, 1.807) is 34.6 Å². The molecule has 0 radical (unpaired) electrons. The first-order chi connectivity index (χ1) is 15.6. The normalized spacial score (nSPS) is 25.3. The number of hydrogen-bond acceptors (Lipinski definition) is 4. The Morgan fingerprint density at radius 1 is 0.941 bits per heavy atom. The van der Waals surface area contributed by atoms with Gasteiger partial charge in [0, 0.05) is 12.6 Å². The Morgan fingerprint density at radius 3 is 2.18 bits per heavy atom. The van der Waals surface area contributed by atoms with E-state index in [9.17, 15) is 16.8 Å². The van der Waals surface area contributed by atoms with Crippen molar-refractivity contribution in [2.75, 3.05) is 11.3 Å². The first kappa shape index (κ1) is 25.2. The van der Waals surface area contributed by atoms with Gasteiger partial charge in [0.25, 0.3) is 10.0 Å². The van der Waals surface area contributed by atoms with Crippen LogP contribution in [0.25, 0.3) is 0 Å². The molecule has 1 N–H and O–H groups in total. The molecule has 2 bridgehead atoms. The fraction of sp³-hybridized carbons (Fsp3) is 0.538. The highest BCUT2D eigenvalue weighted by molar-refractivity contribution is 7.92. The van der Waals surface area contributed by atoms with E-state index in [2.05, 4.69) is 46.3 Å². The van der Waals surface area contributed by atoms with Crippen molar-refractivity contribution in [3.05, 3.63) is 54.1 Å². The molecule has 0 aromatic heterocycles. The topological polar surface area (TPSA) is 83.5 Å². The monoisotopic (exact) mass is 504 g/mol. The molecule has 4 rings (SSSR count). The summed E-state index contributed by atoms with van der Waals surface area (Å²) in [6, 6.07) is 12.9. The van der Waals surface area contributed by atoms with Crippen molar-refractivity contribution in [1.82, 2.24) is 4.31 Å². The van der Waals surface area contributed by atoms with Crippen molar-refractivity contribution in [2.24, 2.45) is 10.8 Å².